The Labute approximate surface area is 188 Å². The molecule has 2 heterocycles. The van der Waals surface area contributed by atoms with Gasteiger partial charge in [0.2, 0.25) is 0 Å². The largest absolute Gasteiger partial charge is 0.366 e. The zero-order valence-corrected chi connectivity index (χ0v) is 21.9. The number of hydrogen-bond acceptors (Lipinski definition) is 2. The molecular weight excluding hydrogens is 400 g/mol. The maximum absolute atomic E-state index is 6.90. The maximum Gasteiger partial charge on any atom is 0.366 e. The van der Waals surface area contributed by atoms with E-state index in [1.807, 2.05) is 12.1 Å². The minimum Gasteiger partial charge on any atom is -0.247 e. The average Bonchev–Trinajstić information content (AvgIpc) is 2.67. The highest BCUT2D eigenvalue weighted by Gasteiger charge is 2.40. The Morgan fingerprint density at radius 1 is 0.600 bits per heavy atom. The van der Waals surface area contributed by atoms with Crippen LogP contribution in [0.4, 0.5) is 0 Å². The Morgan fingerprint density at radius 3 is 1.17 bits per heavy atom. The van der Waals surface area contributed by atoms with Gasteiger partial charge in [-0.25, -0.2) is 9.97 Å². The SMILES string of the molecule is [B][P+](Cc1cccc(-c2cccc(C[P+]([B])(C(C)C)C(C)C)n2)n1)(C(C)C)C(C)C. The second-order valence-corrected chi connectivity index (χ2v) is 18.5. The molecule has 0 N–H and O–H groups in total. The van der Waals surface area contributed by atoms with Crippen molar-refractivity contribution < 1.29 is 0 Å². The second kappa shape index (κ2) is 10.3. The molecule has 2 nitrogen and oxygen atoms in total. The zero-order chi connectivity index (χ0) is 22.7. The molecule has 0 aromatic carbocycles. The first-order valence-electron chi connectivity index (χ1n) is 11.1. The maximum atomic E-state index is 6.90. The lowest BCUT2D eigenvalue weighted by Crippen LogP contribution is -2.18. The van der Waals surface area contributed by atoms with Crippen LogP contribution in [-0.2, 0) is 12.3 Å². The summed E-state index contributed by atoms with van der Waals surface area (Å²) in [7, 11) is 10.6. The lowest BCUT2D eigenvalue weighted by atomic mass is 10.2. The Balaban J connectivity index is 2.34. The van der Waals surface area contributed by atoms with Crippen LogP contribution in [0.1, 0.15) is 66.8 Å². The van der Waals surface area contributed by atoms with Gasteiger partial charge in [-0.15, -0.1) is 0 Å². The van der Waals surface area contributed by atoms with Gasteiger partial charge in [0.05, 0.1) is 35.1 Å². The first-order valence-corrected chi connectivity index (χ1v) is 15.5. The van der Waals surface area contributed by atoms with Crippen molar-refractivity contribution in [2.75, 3.05) is 0 Å². The summed E-state index contributed by atoms with van der Waals surface area (Å²) in [5.41, 5.74) is 5.92. The van der Waals surface area contributed by atoms with E-state index in [2.05, 4.69) is 79.7 Å². The third-order valence-electron chi connectivity index (χ3n) is 6.59. The van der Waals surface area contributed by atoms with Crippen LogP contribution < -0.4 is 0 Å². The van der Waals surface area contributed by atoms with Gasteiger partial charge in [0.1, 0.15) is 0 Å². The summed E-state index contributed by atoms with van der Waals surface area (Å²) in [5.74, 6) is 0. The second-order valence-electron chi connectivity index (χ2n) is 9.71. The van der Waals surface area contributed by atoms with E-state index in [0.717, 1.165) is 35.1 Å². The van der Waals surface area contributed by atoms with Crippen molar-refractivity contribution >= 4 is 29.4 Å². The lowest BCUT2D eigenvalue weighted by molar-refractivity contribution is 0.974. The molecule has 158 valence electrons. The molecule has 4 radical (unpaired) electrons. The molecule has 0 saturated carbocycles. The van der Waals surface area contributed by atoms with Crippen molar-refractivity contribution in [2.24, 2.45) is 0 Å². The number of nitrogens with zero attached hydrogens (tertiary/aromatic N) is 2. The fourth-order valence-corrected chi connectivity index (χ4v) is 9.22. The number of pyridine rings is 2. The van der Waals surface area contributed by atoms with Gasteiger partial charge in [-0.3, -0.25) is 0 Å². The van der Waals surface area contributed by atoms with Gasteiger partial charge >= 0.3 is 15.1 Å². The molecule has 0 fully saturated rings. The van der Waals surface area contributed by atoms with Crippen LogP contribution >= 0.6 is 14.3 Å². The van der Waals surface area contributed by atoms with Crippen molar-refractivity contribution in [2.45, 2.75) is 90.3 Å². The van der Waals surface area contributed by atoms with Crippen molar-refractivity contribution in [3.8, 4) is 11.4 Å². The van der Waals surface area contributed by atoms with Gasteiger partial charge in [0.15, 0.2) is 0 Å². The summed E-state index contributed by atoms with van der Waals surface area (Å²) in [6.07, 6.45) is 1.74. The van der Waals surface area contributed by atoms with E-state index in [1.165, 1.54) is 0 Å². The molecule has 0 saturated heterocycles. The first-order chi connectivity index (χ1) is 13.9. The Bertz CT molecular complexity index is 752. The Hall–Kier alpha value is -0.710. The molecule has 2 aromatic heterocycles. The zero-order valence-electron chi connectivity index (χ0n) is 20.1. The van der Waals surface area contributed by atoms with E-state index in [1.54, 1.807) is 0 Å². The average molecular weight is 438 g/mol. The molecule has 0 spiro atoms. The summed E-state index contributed by atoms with van der Waals surface area (Å²) in [6.45, 7) is 18.0. The normalized spacial score (nSPS) is 13.1. The van der Waals surface area contributed by atoms with Crippen LogP contribution in [-0.4, -0.2) is 47.7 Å². The van der Waals surface area contributed by atoms with E-state index >= 15 is 0 Å². The van der Waals surface area contributed by atoms with Crippen molar-refractivity contribution in [1.82, 2.24) is 9.97 Å². The number of rotatable bonds is 9. The minimum atomic E-state index is -1.60. The van der Waals surface area contributed by atoms with E-state index in [4.69, 9.17) is 25.1 Å². The lowest BCUT2D eigenvalue weighted by Gasteiger charge is -2.31. The molecule has 6 heteroatoms. The summed E-state index contributed by atoms with van der Waals surface area (Å²) in [4.78, 5) is 9.93. The van der Waals surface area contributed by atoms with E-state index in [0.29, 0.717) is 22.6 Å². The van der Waals surface area contributed by atoms with E-state index in [9.17, 15) is 0 Å². The van der Waals surface area contributed by atoms with Crippen molar-refractivity contribution in [3.05, 3.63) is 47.8 Å². The van der Waals surface area contributed by atoms with Crippen LogP contribution in [0.25, 0.3) is 11.4 Å². The Morgan fingerprint density at radius 2 is 0.900 bits per heavy atom. The molecule has 0 aliphatic carbocycles. The first kappa shape index (κ1) is 25.5. The third kappa shape index (κ3) is 5.75. The van der Waals surface area contributed by atoms with Gasteiger partial charge in [0, 0.05) is 22.6 Å². The highest BCUT2D eigenvalue weighted by atomic mass is 31.2. The molecular formula is C24H38B2N2P2+2. The summed E-state index contributed by atoms with van der Waals surface area (Å²) in [5, 5.41) is 0. The van der Waals surface area contributed by atoms with Crippen LogP contribution in [0.3, 0.4) is 0 Å². The molecule has 30 heavy (non-hydrogen) atoms. The highest BCUT2D eigenvalue weighted by Crippen LogP contribution is 2.65. The van der Waals surface area contributed by atoms with Gasteiger partial charge in [-0.2, -0.15) is 0 Å². The fraction of sp³-hybridized carbons (Fsp3) is 0.583. The molecule has 0 aliphatic rings. The van der Waals surface area contributed by atoms with Crippen LogP contribution in [0.2, 0.25) is 0 Å². The Kier molecular flexibility index (Phi) is 8.75. The highest BCUT2D eigenvalue weighted by molar-refractivity contribution is 7.98. The summed E-state index contributed by atoms with van der Waals surface area (Å²) >= 11 is 0. The number of aromatic nitrogens is 2. The van der Waals surface area contributed by atoms with Crippen LogP contribution in [0.15, 0.2) is 36.4 Å². The summed E-state index contributed by atoms with van der Waals surface area (Å²) < 4.78 is 0. The molecule has 0 unspecified atom stereocenters. The van der Waals surface area contributed by atoms with E-state index < -0.39 is 14.3 Å². The molecule has 0 bridgehead atoms. The smallest absolute Gasteiger partial charge is 0.247 e. The molecule has 0 aliphatic heterocycles. The topological polar surface area (TPSA) is 25.8 Å². The standard InChI is InChI=1S/C24H38B2N2P2/c1-17(2)29(25,18(3)4)15-21-11-9-13-23(27-21)24-14-10-12-22(28-24)16-30(26,19(5)6)20(7)8/h9-14,17-20H,15-16H2,1-8H3/q+2. The molecule has 0 amide bonds. The quantitative estimate of drug-likeness (QED) is 0.312. The van der Waals surface area contributed by atoms with Gasteiger partial charge in [-0.1, -0.05) is 12.1 Å². The molecule has 0 atom stereocenters. The summed E-state index contributed by atoms with van der Waals surface area (Å²) in [6, 6.07) is 12.5. The molecule has 2 aromatic rings. The molecule has 2 rings (SSSR count). The third-order valence-corrected chi connectivity index (χ3v) is 16.0. The minimum absolute atomic E-state index is 0.484. The predicted octanol–water partition coefficient (Wildman–Crippen LogP) is 6.98. The fourth-order valence-electron chi connectivity index (χ4n) is 3.90. The van der Waals surface area contributed by atoms with Crippen molar-refractivity contribution in [1.29, 1.82) is 0 Å². The van der Waals surface area contributed by atoms with E-state index in [-0.39, 0.29) is 0 Å². The number of hydrogen-bond donors (Lipinski definition) is 0. The van der Waals surface area contributed by atoms with Gasteiger partial charge in [0.25, 0.3) is 0 Å². The van der Waals surface area contributed by atoms with Crippen LogP contribution in [0, 0.1) is 0 Å². The van der Waals surface area contributed by atoms with Crippen molar-refractivity contribution in [3.63, 3.8) is 0 Å². The van der Waals surface area contributed by atoms with Gasteiger partial charge < -0.3 is 0 Å². The van der Waals surface area contributed by atoms with Crippen LogP contribution in [0.5, 0.6) is 0 Å². The van der Waals surface area contributed by atoms with Gasteiger partial charge in [-0.05, 0) is 93.9 Å². The monoisotopic (exact) mass is 438 g/mol. The predicted molar refractivity (Wildman–Crippen MR) is 141 cm³/mol.